The van der Waals surface area contributed by atoms with E-state index >= 15 is 0 Å². The Morgan fingerprint density at radius 2 is 2.11 bits per heavy atom. The van der Waals surface area contributed by atoms with E-state index in [9.17, 15) is 0 Å². The van der Waals surface area contributed by atoms with Gasteiger partial charge in [-0.05, 0) is 25.7 Å². The quantitative estimate of drug-likeness (QED) is 0.889. The molecule has 2 aliphatic rings. The van der Waals surface area contributed by atoms with E-state index < -0.39 is 0 Å². The van der Waals surface area contributed by atoms with Gasteiger partial charge in [0.15, 0.2) is 0 Å². The Bertz CT molecular complexity index is 400. The zero-order valence-electron chi connectivity index (χ0n) is 11.7. The minimum atomic E-state index is 0.608. The average molecular weight is 264 g/mol. The third-order valence-corrected chi connectivity index (χ3v) is 4.17. The molecule has 0 spiro atoms. The number of rotatable bonds is 3. The van der Waals surface area contributed by atoms with Crippen molar-refractivity contribution in [3.63, 3.8) is 0 Å². The molecule has 3 rings (SSSR count). The van der Waals surface area contributed by atoms with Crippen molar-refractivity contribution < 1.29 is 4.74 Å². The minimum absolute atomic E-state index is 0.608. The van der Waals surface area contributed by atoms with Gasteiger partial charge >= 0.3 is 0 Å². The van der Waals surface area contributed by atoms with Crippen LogP contribution in [-0.2, 0) is 11.8 Å². The van der Waals surface area contributed by atoms with Crippen molar-refractivity contribution in [3.05, 3.63) is 12.4 Å². The van der Waals surface area contributed by atoms with Gasteiger partial charge in [0.05, 0.1) is 11.9 Å². The molecule has 2 aliphatic heterocycles. The van der Waals surface area contributed by atoms with E-state index in [1.807, 2.05) is 17.9 Å². The number of hydrogen-bond acceptors (Lipinski definition) is 4. The first-order chi connectivity index (χ1) is 9.31. The van der Waals surface area contributed by atoms with Crippen LogP contribution in [0.25, 0.3) is 0 Å². The van der Waals surface area contributed by atoms with Gasteiger partial charge in [0.25, 0.3) is 0 Å². The summed E-state index contributed by atoms with van der Waals surface area (Å²) < 4.78 is 7.30. The van der Waals surface area contributed by atoms with Crippen molar-refractivity contribution in [2.45, 2.75) is 37.8 Å². The number of nitrogens with one attached hydrogen (secondary N) is 1. The second-order valence-corrected chi connectivity index (χ2v) is 5.71. The molecule has 1 atom stereocenters. The largest absolute Gasteiger partial charge is 0.381 e. The zero-order chi connectivity index (χ0) is 13.1. The van der Waals surface area contributed by atoms with Crippen LogP contribution in [0.3, 0.4) is 0 Å². The second-order valence-electron chi connectivity index (χ2n) is 5.71. The molecular weight excluding hydrogens is 240 g/mol. The van der Waals surface area contributed by atoms with Crippen LogP contribution in [0.1, 0.15) is 25.7 Å². The molecule has 1 unspecified atom stereocenters. The zero-order valence-corrected chi connectivity index (χ0v) is 11.7. The molecule has 1 N–H and O–H groups in total. The van der Waals surface area contributed by atoms with Gasteiger partial charge < -0.3 is 15.0 Å². The molecule has 0 bridgehead atoms. The van der Waals surface area contributed by atoms with Crippen LogP contribution in [0.5, 0.6) is 0 Å². The van der Waals surface area contributed by atoms with Gasteiger partial charge in [-0.3, -0.25) is 4.68 Å². The number of piperidine rings is 1. The molecule has 5 nitrogen and oxygen atoms in total. The second kappa shape index (κ2) is 5.92. The molecule has 3 heterocycles. The van der Waals surface area contributed by atoms with Gasteiger partial charge in [-0.1, -0.05) is 0 Å². The topological polar surface area (TPSA) is 42.3 Å². The molecule has 0 radical (unpaired) electrons. The maximum absolute atomic E-state index is 5.42. The summed E-state index contributed by atoms with van der Waals surface area (Å²) in [4.78, 5) is 2.45. The molecule has 2 fully saturated rings. The van der Waals surface area contributed by atoms with E-state index in [2.05, 4.69) is 21.5 Å². The summed E-state index contributed by atoms with van der Waals surface area (Å²) in [7, 11) is 1.98. The Labute approximate surface area is 114 Å². The summed E-state index contributed by atoms with van der Waals surface area (Å²) in [5.74, 6) is 0. The number of anilines is 1. The van der Waals surface area contributed by atoms with E-state index in [0.717, 1.165) is 39.1 Å². The standard InChI is InChI=1S/C14H24N4O/c1-17-11-14(9-15-17)18-6-2-3-13(10-18)16-12-4-7-19-8-5-12/h9,11-13,16H,2-8,10H2,1H3. The first-order valence-electron chi connectivity index (χ1n) is 7.38. The number of nitrogens with zero attached hydrogens (tertiary/aromatic N) is 3. The highest BCUT2D eigenvalue weighted by Gasteiger charge is 2.24. The predicted molar refractivity (Wildman–Crippen MR) is 75.4 cm³/mol. The molecule has 0 aliphatic carbocycles. The van der Waals surface area contributed by atoms with Gasteiger partial charge in [0, 0.05) is 51.6 Å². The van der Waals surface area contributed by atoms with Crippen LogP contribution < -0.4 is 10.2 Å². The molecule has 0 saturated carbocycles. The van der Waals surface area contributed by atoms with Crippen LogP contribution in [0.2, 0.25) is 0 Å². The fourth-order valence-electron chi connectivity index (χ4n) is 3.12. The van der Waals surface area contributed by atoms with Gasteiger partial charge in [-0.2, -0.15) is 5.10 Å². The fourth-order valence-corrected chi connectivity index (χ4v) is 3.12. The first kappa shape index (κ1) is 12.9. The molecule has 0 amide bonds. The summed E-state index contributed by atoms with van der Waals surface area (Å²) in [6.07, 6.45) is 8.93. The number of aryl methyl sites for hydroxylation is 1. The number of aromatic nitrogens is 2. The Hall–Kier alpha value is -1.07. The van der Waals surface area contributed by atoms with Crippen LogP contribution in [-0.4, -0.2) is 48.2 Å². The van der Waals surface area contributed by atoms with Crippen molar-refractivity contribution in [1.82, 2.24) is 15.1 Å². The summed E-state index contributed by atoms with van der Waals surface area (Å²) in [6, 6.07) is 1.25. The van der Waals surface area contributed by atoms with Crippen LogP contribution in [0.15, 0.2) is 12.4 Å². The van der Waals surface area contributed by atoms with Crippen molar-refractivity contribution in [2.24, 2.45) is 7.05 Å². The first-order valence-corrected chi connectivity index (χ1v) is 7.38. The summed E-state index contributed by atoms with van der Waals surface area (Å²) in [5, 5.41) is 8.09. The van der Waals surface area contributed by atoms with E-state index in [1.54, 1.807) is 0 Å². The maximum atomic E-state index is 5.42. The third-order valence-electron chi connectivity index (χ3n) is 4.17. The van der Waals surface area contributed by atoms with Crippen molar-refractivity contribution >= 4 is 5.69 Å². The smallest absolute Gasteiger partial charge is 0.0752 e. The average Bonchev–Trinajstić information content (AvgIpc) is 2.87. The van der Waals surface area contributed by atoms with E-state index in [0.29, 0.717) is 12.1 Å². The normalized spacial score (nSPS) is 25.7. The Morgan fingerprint density at radius 3 is 2.84 bits per heavy atom. The maximum Gasteiger partial charge on any atom is 0.0752 e. The fraction of sp³-hybridized carbons (Fsp3) is 0.786. The van der Waals surface area contributed by atoms with Crippen LogP contribution >= 0.6 is 0 Å². The van der Waals surface area contributed by atoms with Crippen LogP contribution in [0, 0.1) is 0 Å². The van der Waals surface area contributed by atoms with Crippen LogP contribution in [0.4, 0.5) is 5.69 Å². The molecule has 0 aromatic carbocycles. The Balaban J connectivity index is 1.55. The molecule has 19 heavy (non-hydrogen) atoms. The van der Waals surface area contributed by atoms with E-state index in [1.165, 1.54) is 18.5 Å². The monoisotopic (exact) mass is 264 g/mol. The predicted octanol–water partition coefficient (Wildman–Crippen LogP) is 1.16. The van der Waals surface area contributed by atoms with E-state index in [-0.39, 0.29) is 0 Å². The molecule has 1 aromatic heterocycles. The SMILES string of the molecule is Cn1cc(N2CCCC(NC3CCOCC3)C2)cn1. The number of ether oxygens (including phenoxy) is 1. The lowest BCUT2D eigenvalue weighted by atomic mass is 10.0. The van der Waals surface area contributed by atoms with Crippen molar-refractivity contribution in [2.75, 3.05) is 31.2 Å². The highest BCUT2D eigenvalue weighted by atomic mass is 16.5. The minimum Gasteiger partial charge on any atom is -0.381 e. The Kier molecular flexibility index (Phi) is 4.03. The van der Waals surface area contributed by atoms with Crippen molar-refractivity contribution in [3.8, 4) is 0 Å². The lowest BCUT2D eigenvalue weighted by Crippen LogP contribution is -2.50. The number of hydrogen-bond donors (Lipinski definition) is 1. The summed E-state index contributed by atoms with van der Waals surface area (Å²) in [6.45, 7) is 4.08. The highest BCUT2D eigenvalue weighted by molar-refractivity contribution is 5.42. The van der Waals surface area contributed by atoms with Gasteiger partial charge in [0.1, 0.15) is 0 Å². The van der Waals surface area contributed by atoms with E-state index in [4.69, 9.17) is 4.74 Å². The van der Waals surface area contributed by atoms with Gasteiger partial charge in [-0.25, -0.2) is 0 Å². The molecular formula is C14H24N4O. The van der Waals surface area contributed by atoms with Gasteiger partial charge in [0.2, 0.25) is 0 Å². The van der Waals surface area contributed by atoms with Gasteiger partial charge in [-0.15, -0.1) is 0 Å². The lowest BCUT2D eigenvalue weighted by molar-refractivity contribution is 0.0742. The molecule has 1 aromatic rings. The Morgan fingerprint density at radius 1 is 1.26 bits per heavy atom. The molecule has 106 valence electrons. The third kappa shape index (κ3) is 3.28. The summed E-state index contributed by atoms with van der Waals surface area (Å²) >= 11 is 0. The lowest BCUT2D eigenvalue weighted by Gasteiger charge is -2.36. The molecule has 5 heteroatoms. The molecule has 2 saturated heterocycles. The van der Waals surface area contributed by atoms with Crippen molar-refractivity contribution in [1.29, 1.82) is 0 Å². The highest BCUT2D eigenvalue weighted by Crippen LogP contribution is 2.20. The summed E-state index contributed by atoms with van der Waals surface area (Å²) in [5.41, 5.74) is 1.25.